The molecule has 1 aliphatic rings. The predicted molar refractivity (Wildman–Crippen MR) is 103 cm³/mol. The second-order valence-corrected chi connectivity index (χ2v) is 7.29. The normalized spacial score (nSPS) is 22.0. The molecule has 6 nitrogen and oxygen atoms in total. The van der Waals surface area contributed by atoms with E-state index in [2.05, 4.69) is 19.2 Å². The highest BCUT2D eigenvalue weighted by Crippen LogP contribution is 2.29. The Hall–Kier alpha value is -2.24. The van der Waals surface area contributed by atoms with Gasteiger partial charge in [-0.15, -0.1) is 0 Å². The fourth-order valence-electron chi connectivity index (χ4n) is 3.53. The van der Waals surface area contributed by atoms with E-state index in [1.807, 2.05) is 12.1 Å². The standard InChI is InChI=1S/C21H31NO5/c1-14-6-5-7-17(15(14)2)22-20(23)13-27-21(24)11-9-16-8-10-18(25-3)19(12-16)26-4/h8,10,12,14-15,17H,5-7,9,11,13H2,1-4H3,(H,22,23)/t14-,15+,17+/m0/s1. The van der Waals surface area contributed by atoms with Crippen LogP contribution in [-0.2, 0) is 20.7 Å². The topological polar surface area (TPSA) is 73.9 Å². The molecule has 6 heteroatoms. The molecule has 0 aliphatic heterocycles. The van der Waals surface area contributed by atoms with E-state index in [9.17, 15) is 9.59 Å². The molecule has 0 aromatic heterocycles. The third-order valence-electron chi connectivity index (χ3n) is 5.48. The van der Waals surface area contributed by atoms with Gasteiger partial charge in [0.2, 0.25) is 0 Å². The van der Waals surface area contributed by atoms with Gasteiger partial charge in [0.15, 0.2) is 18.1 Å². The largest absolute Gasteiger partial charge is 0.493 e. The number of nitrogens with one attached hydrogen (secondary N) is 1. The SMILES string of the molecule is COc1ccc(CCC(=O)OCC(=O)N[C@@H]2CCC[C@H](C)[C@H]2C)cc1OC. The van der Waals surface area contributed by atoms with E-state index in [-0.39, 0.29) is 30.9 Å². The summed E-state index contributed by atoms with van der Waals surface area (Å²) in [6.07, 6.45) is 4.04. The van der Waals surface area contributed by atoms with Crippen LogP contribution in [0, 0.1) is 11.8 Å². The van der Waals surface area contributed by atoms with E-state index >= 15 is 0 Å². The number of carbonyl (C=O) groups excluding carboxylic acids is 2. The fourth-order valence-corrected chi connectivity index (χ4v) is 3.53. The van der Waals surface area contributed by atoms with Gasteiger partial charge in [-0.1, -0.05) is 32.8 Å². The van der Waals surface area contributed by atoms with Crippen molar-refractivity contribution in [2.75, 3.05) is 20.8 Å². The molecule has 1 aromatic rings. The molecule has 0 unspecified atom stereocenters. The number of esters is 1. The van der Waals surface area contributed by atoms with Crippen molar-refractivity contribution in [2.24, 2.45) is 11.8 Å². The highest BCUT2D eigenvalue weighted by Gasteiger charge is 2.28. The monoisotopic (exact) mass is 377 g/mol. The first-order valence-corrected chi connectivity index (χ1v) is 9.60. The van der Waals surface area contributed by atoms with Crippen LogP contribution in [0.5, 0.6) is 11.5 Å². The Kier molecular flexibility index (Phi) is 7.95. The van der Waals surface area contributed by atoms with Crippen molar-refractivity contribution in [2.45, 2.75) is 52.0 Å². The third kappa shape index (κ3) is 6.15. The van der Waals surface area contributed by atoms with Gasteiger partial charge in [0, 0.05) is 12.5 Å². The minimum Gasteiger partial charge on any atom is -0.493 e. The van der Waals surface area contributed by atoms with Gasteiger partial charge in [-0.2, -0.15) is 0 Å². The van der Waals surface area contributed by atoms with Gasteiger partial charge in [0.05, 0.1) is 14.2 Å². The number of carbonyl (C=O) groups is 2. The highest BCUT2D eigenvalue weighted by molar-refractivity contribution is 5.80. The zero-order valence-corrected chi connectivity index (χ0v) is 16.7. The van der Waals surface area contributed by atoms with Gasteiger partial charge in [-0.3, -0.25) is 9.59 Å². The Bertz CT molecular complexity index is 645. The maximum atomic E-state index is 12.1. The Morgan fingerprint density at radius 3 is 2.56 bits per heavy atom. The summed E-state index contributed by atoms with van der Waals surface area (Å²) in [6, 6.07) is 5.70. The van der Waals surface area contributed by atoms with Crippen LogP contribution in [0.2, 0.25) is 0 Å². The number of ether oxygens (including phenoxy) is 3. The summed E-state index contributed by atoms with van der Waals surface area (Å²) in [6.45, 7) is 4.17. The minimum atomic E-state index is -0.384. The molecule has 27 heavy (non-hydrogen) atoms. The molecule has 1 saturated carbocycles. The Balaban J connectivity index is 1.73. The molecule has 1 amide bonds. The molecule has 1 aromatic carbocycles. The van der Waals surface area contributed by atoms with Crippen molar-refractivity contribution in [1.29, 1.82) is 0 Å². The number of hydrogen-bond acceptors (Lipinski definition) is 5. The van der Waals surface area contributed by atoms with Gasteiger partial charge >= 0.3 is 5.97 Å². The van der Waals surface area contributed by atoms with E-state index in [4.69, 9.17) is 14.2 Å². The lowest BCUT2D eigenvalue weighted by molar-refractivity contribution is -0.148. The maximum Gasteiger partial charge on any atom is 0.306 e. The van der Waals surface area contributed by atoms with Crippen molar-refractivity contribution in [3.63, 3.8) is 0 Å². The summed E-state index contributed by atoms with van der Waals surface area (Å²) in [5, 5.41) is 3.01. The van der Waals surface area contributed by atoms with Crippen LogP contribution in [0.1, 0.15) is 45.1 Å². The second kappa shape index (κ2) is 10.2. The minimum absolute atomic E-state index is 0.173. The molecular formula is C21H31NO5. The summed E-state index contributed by atoms with van der Waals surface area (Å²) in [4.78, 5) is 24.0. The zero-order chi connectivity index (χ0) is 19.8. The number of aryl methyl sites for hydroxylation is 1. The van der Waals surface area contributed by atoms with Crippen molar-refractivity contribution >= 4 is 11.9 Å². The average Bonchev–Trinajstić information content (AvgIpc) is 2.68. The summed E-state index contributed by atoms with van der Waals surface area (Å²) < 4.78 is 15.6. The van der Waals surface area contributed by atoms with Gasteiger partial charge < -0.3 is 19.5 Å². The number of amides is 1. The zero-order valence-electron chi connectivity index (χ0n) is 16.7. The van der Waals surface area contributed by atoms with E-state index in [1.54, 1.807) is 20.3 Å². The van der Waals surface area contributed by atoms with Crippen LogP contribution in [0.15, 0.2) is 18.2 Å². The molecule has 0 radical (unpaired) electrons. The smallest absolute Gasteiger partial charge is 0.306 e. The molecule has 0 spiro atoms. The Labute approximate surface area is 161 Å². The van der Waals surface area contributed by atoms with Crippen LogP contribution < -0.4 is 14.8 Å². The van der Waals surface area contributed by atoms with Crippen LogP contribution >= 0.6 is 0 Å². The third-order valence-corrected chi connectivity index (χ3v) is 5.48. The molecule has 0 bridgehead atoms. The van der Waals surface area contributed by atoms with Crippen LogP contribution in [0.3, 0.4) is 0 Å². The van der Waals surface area contributed by atoms with E-state index < -0.39 is 0 Å². The van der Waals surface area contributed by atoms with Crippen LogP contribution in [0.25, 0.3) is 0 Å². The van der Waals surface area contributed by atoms with Gasteiger partial charge in [0.25, 0.3) is 5.91 Å². The van der Waals surface area contributed by atoms with E-state index in [1.165, 1.54) is 6.42 Å². The predicted octanol–water partition coefficient (Wildman–Crippen LogP) is 3.12. The molecule has 1 fully saturated rings. The summed E-state index contributed by atoms with van der Waals surface area (Å²) >= 11 is 0. The molecule has 150 valence electrons. The average molecular weight is 377 g/mol. The van der Waals surface area contributed by atoms with E-state index in [0.717, 1.165) is 18.4 Å². The van der Waals surface area contributed by atoms with Crippen molar-refractivity contribution in [1.82, 2.24) is 5.32 Å². The van der Waals surface area contributed by atoms with Crippen molar-refractivity contribution in [3.8, 4) is 11.5 Å². The van der Waals surface area contributed by atoms with Crippen LogP contribution in [-0.4, -0.2) is 38.7 Å². The quantitative estimate of drug-likeness (QED) is 0.705. The van der Waals surface area contributed by atoms with Crippen molar-refractivity contribution in [3.05, 3.63) is 23.8 Å². The number of methoxy groups -OCH3 is 2. The summed E-state index contributed by atoms with van der Waals surface area (Å²) in [5.41, 5.74) is 0.944. The Morgan fingerprint density at radius 2 is 1.85 bits per heavy atom. The summed E-state index contributed by atoms with van der Waals surface area (Å²) in [7, 11) is 3.15. The van der Waals surface area contributed by atoms with E-state index in [0.29, 0.717) is 29.8 Å². The molecule has 1 aliphatic carbocycles. The first kappa shape index (κ1) is 21.1. The number of benzene rings is 1. The molecule has 2 rings (SSSR count). The lowest BCUT2D eigenvalue weighted by Crippen LogP contribution is -2.45. The lowest BCUT2D eigenvalue weighted by atomic mass is 9.78. The first-order valence-electron chi connectivity index (χ1n) is 9.60. The molecule has 3 atom stereocenters. The fraction of sp³-hybridized carbons (Fsp3) is 0.619. The number of hydrogen-bond donors (Lipinski definition) is 1. The summed E-state index contributed by atoms with van der Waals surface area (Å²) in [5.74, 6) is 1.72. The molecule has 1 N–H and O–H groups in total. The van der Waals surface area contributed by atoms with Gasteiger partial charge in [0.1, 0.15) is 0 Å². The second-order valence-electron chi connectivity index (χ2n) is 7.29. The maximum absolute atomic E-state index is 12.1. The highest BCUT2D eigenvalue weighted by atomic mass is 16.5. The van der Waals surface area contributed by atoms with Gasteiger partial charge in [-0.05, 0) is 42.4 Å². The van der Waals surface area contributed by atoms with Crippen molar-refractivity contribution < 1.29 is 23.8 Å². The van der Waals surface area contributed by atoms with Crippen LogP contribution in [0.4, 0.5) is 0 Å². The van der Waals surface area contributed by atoms with Gasteiger partial charge in [-0.25, -0.2) is 0 Å². The first-order chi connectivity index (χ1) is 12.9. The lowest BCUT2D eigenvalue weighted by Gasteiger charge is -2.34. The Morgan fingerprint density at radius 1 is 1.11 bits per heavy atom. The number of rotatable bonds is 8. The molecule has 0 heterocycles. The molecular weight excluding hydrogens is 346 g/mol. The molecule has 0 saturated heterocycles.